The smallest absolute Gasteiger partial charge is 0.407 e. The maximum Gasteiger partial charge on any atom is 0.407 e. The molecule has 0 aliphatic carbocycles. The second kappa shape index (κ2) is 10.3. The molecule has 2 aliphatic rings. The highest BCUT2D eigenvalue weighted by Gasteiger charge is 2.26. The van der Waals surface area contributed by atoms with Gasteiger partial charge in [-0.05, 0) is 71.1 Å². The highest BCUT2D eigenvalue weighted by molar-refractivity contribution is 9.10. The first kappa shape index (κ1) is 25.0. The predicted molar refractivity (Wildman–Crippen MR) is 142 cm³/mol. The van der Waals surface area contributed by atoms with Gasteiger partial charge < -0.3 is 19.7 Å². The Bertz CT molecular complexity index is 1230. The fourth-order valence-electron chi connectivity index (χ4n) is 4.79. The Labute approximate surface area is 219 Å². The molecular weight excluding hydrogens is 524 g/mol. The zero-order valence-electron chi connectivity index (χ0n) is 21.0. The van der Waals surface area contributed by atoms with Crippen LogP contribution in [0, 0.1) is 0 Å². The summed E-state index contributed by atoms with van der Waals surface area (Å²) in [6.07, 6.45) is 7.94. The minimum Gasteiger partial charge on any atom is -0.444 e. The number of alkyl carbamates (subject to hydrolysis) is 1. The molecule has 192 valence electrons. The van der Waals surface area contributed by atoms with Crippen LogP contribution in [0.4, 0.5) is 10.6 Å². The second-order valence-corrected chi connectivity index (χ2v) is 11.4. The van der Waals surface area contributed by atoms with Gasteiger partial charge in [-0.1, -0.05) is 15.9 Å². The van der Waals surface area contributed by atoms with Gasteiger partial charge >= 0.3 is 6.09 Å². The van der Waals surface area contributed by atoms with E-state index >= 15 is 0 Å². The Morgan fingerprint density at radius 2 is 1.97 bits per heavy atom. The van der Waals surface area contributed by atoms with E-state index in [0.717, 1.165) is 84.4 Å². The van der Waals surface area contributed by atoms with E-state index in [1.165, 1.54) is 0 Å². The van der Waals surface area contributed by atoms with Gasteiger partial charge in [0.1, 0.15) is 22.8 Å². The van der Waals surface area contributed by atoms with Crippen LogP contribution < -0.4 is 10.2 Å². The number of aromatic nitrogens is 4. The number of rotatable bonds is 4. The number of benzene rings is 1. The average Bonchev–Trinajstić information content (AvgIpc) is 3.22. The van der Waals surface area contributed by atoms with Crippen molar-refractivity contribution in [2.75, 3.05) is 24.6 Å². The van der Waals surface area contributed by atoms with Gasteiger partial charge in [0.2, 0.25) is 0 Å². The number of halogens is 1. The quantitative estimate of drug-likeness (QED) is 0.456. The third-order valence-electron chi connectivity index (χ3n) is 6.50. The minimum atomic E-state index is -0.503. The van der Waals surface area contributed by atoms with Crippen LogP contribution in [0.15, 0.2) is 35.1 Å². The third-order valence-corrected chi connectivity index (χ3v) is 6.99. The van der Waals surface area contributed by atoms with Crippen LogP contribution in [0.1, 0.15) is 59.1 Å². The zero-order valence-corrected chi connectivity index (χ0v) is 22.6. The molecule has 0 saturated carbocycles. The van der Waals surface area contributed by atoms with Crippen LogP contribution in [-0.4, -0.2) is 57.2 Å². The highest BCUT2D eigenvalue weighted by Crippen LogP contribution is 2.34. The largest absolute Gasteiger partial charge is 0.444 e. The molecule has 5 rings (SSSR count). The summed E-state index contributed by atoms with van der Waals surface area (Å²) in [6.45, 7) is 7.91. The standard InChI is InChI=1S/C26H33BrN6O3/c1-26(2,3)36-25(34)29-18-9-11-32(12-10-18)22-16-28-15-20(30-22)24-19-14-17(27)7-8-21(19)33(31-24)23-6-4-5-13-35-23/h7-8,14-16,18,23H,4-6,9-13H2,1-3H3,(H,29,34). The number of ether oxygens (including phenoxy) is 2. The molecule has 0 bridgehead atoms. The van der Waals surface area contributed by atoms with Gasteiger partial charge in [-0.15, -0.1) is 0 Å². The van der Waals surface area contributed by atoms with Crippen molar-refractivity contribution in [2.24, 2.45) is 0 Å². The summed E-state index contributed by atoms with van der Waals surface area (Å²) in [5, 5.41) is 8.98. The summed E-state index contributed by atoms with van der Waals surface area (Å²) in [6, 6.07) is 6.28. The Kier molecular flexibility index (Phi) is 7.16. The molecule has 10 heteroatoms. The van der Waals surface area contributed by atoms with Crippen molar-refractivity contribution in [3.63, 3.8) is 0 Å². The van der Waals surface area contributed by atoms with Gasteiger partial charge in [0.05, 0.1) is 17.9 Å². The number of anilines is 1. The monoisotopic (exact) mass is 556 g/mol. The predicted octanol–water partition coefficient (Wildman–Crippen LogP) is 5.45. The fourth-order valence-corrected chi connectivity index (χ4v) is 5.15. The first-order valence-corrected chi connectivity index (χ1v) is 13.4. The molecule has 9 nitrogen and oxygen atoms in total. The fraction of sp³-hybridized carbons (Fsp3) is 0.538. The number of amides is 1. The van der Waals surface area contributed by atoms with Crippen LogP contribution >= 0.6 is 15.9 Å². The van der Waals surface area contributed by atoms with E-state index < -0.39 is 5.60 Å². The summed E-state index contributed by atoms with van der Waals surface area (Å²) >= 11 is 3.61. The topological polar surface area (TPSA) is 94.4 Å². The van der Waals surface area contributed by atoms with E-state index in [4.69, 9.17) is 19.6 Å². The number of hydrogen-bond acceptors (Lipinski definition) is 7. The number of fused-ring (bicyclic) bond motifs is 1. The van der Waals surface area contributed by atoms with Crippen molar-refractivity contribution in [1.29, 1.82) is 0 Å². The summed E-state index contributed by atoms with van der Waals surface area (Å²) in [4.78, 5) is 23.8. The number of carbonyl (C=O) groups excluding carboxylic acids is 1. The summed E-state index contributed by atoms with van der Waals surface area (Å²) in [5.74, 6) is 0.815. The number of hydrogen-bond donors (Lipinski definition) is 1. The molecule has 4 heterocycles. The van der Waals surface area contributed by atoms with Crippen LogP contribution in [0.3, 0.4) is 0 Å². The van der Waals surface area contributed by atoms with E-state index in [2.05, 4.69) is 43.3 Å². The molecule has 1 amide bonds. The summed E-state index contributed by atoms with van der Waals surface area (Å²) < 4.78 is 14.4. The van der Waals surface area contributed by atoms with Crippen LogP contribution in [-0.2, 0) is 9.47 Å². The van der Waals surface area contributed by atoms with Crippen molar-refractivity contribution < 1.29 is 14.3 Å². The molecular formula is C26H33BrN6O3. The lowest BCUT2D eigenvalue weighted by molar-refractivity contribution is -0.0365. The lowest BCUT2D eigenvalue weighted by Gasteiger charge is -2.33. The van der Waals surface area contributed by atoms with Crippen molar-refractivity contribution in [2.45, 2.75) is 70.7 Å². The van der Waals surface area contributed by atoms with E-state index in [1.807, 2.05) is 31.5 Å². The molecule has 1 atom stereocenters. The second-order valence-electron chi connectivity index (χ2n) is 10.4. The van der Waals surface area contributed by atoms with Gasteiger partial charge in [-0.2, -0.15) is 5.10 Å². The number of piperidine rings is 1. The first-order chi connectivity index (χ1) is 17.3. The average molecular weight is 557 g/mol. The van der Waals surface area contributed by atoms with Crippen molar-refractivity contribution in [3.05, 3.63) is 35.1 Å². The molecule has 2 aliphatic heterocycles. The molecule has 2 saturated heterocycles. The lowest BCUT2D eigenvalue weighted by atomic mass is 10.1. The maximum absolute atomic E-state index is 12.1. The Balaban J connectivity index is 1.34. The molecule has 0 radical (unpaired) electrons. The number of carbonyl (C=O) groups is 1. The molecule has 1 N–H and O–H groups in total. The molecule has 0 spiro atoms. The molecule has 2 fully saturated rings. The first-order valence-electron chi connectivity index (χ1n) is 12.6. The van der Waals surface area contributed by atoms with Gasteiger partial charge in [0, 0.05) is 35.6 Å². The lowest BCUT2D eigenvalue weighted by Crippen LogP contribution is -2.46. The van der Waals surface area contributed by atoms with Crippen LogP contribution in [0.5, 0.6) is 0 Å². The van der Waals surface area contributed by atoms with Gasteiger partial charge in [0.25, 0.3) is 0 Å². The Morgan fingerprint density at radius 1 is 1.17 bits per heavy atom. The SMILES string of the molecule is CC(C)(C)OC(=O)NC1CCN(c2cncc(-c3nn(C4CCCCO4)c4ccc(Br)cc34)n2)CC1. The molecule has 36 heavy (non-hydrogen) atoms. The number of nitrogens with one attached hydrogen (secondary N) is 1. The highest BCUT2D eigenvalue weighted by atomic mass is 79.9. The van der Waals surface area contributed by atoms with E-state index in [-0.39, 0.29) is 18.4 Å². The molecule has 2 aromatic heterocycles. The summed E-state index contributed by atoms with van der Waals surface area (Å²) in [7, 11) is 0. The van der Waals surface area contributed by atoms with Gasteiger partial charge in [0.15, 0.2) is 6.23 Å². The van der Waals surface area contributed by atoms with Gasteiger partial charge in [-0.25, -0.2) is 14.5 Å². The summed E-state index contributed by atoms with van der Waals surface area (Å²) in [5.41, 5.74) is 2.06. The zero-order chi connectivity index (χ0) is 25.3. The normalized spacial score (nSPS) is 19.4. The minimum absolute atomic E-state index is 0.0659. The van der Waals surface area contributed by atoms with Crippen molar-refractivity contribution in [3.8, 4) is 11.4 Å². The molecule has 1 unspecified atom stereocenters. The van der Waals surface area contributed by atoms with Crippen molar-refractivity contribution in [1.82, 2.24) is 25.1 Å². The van der Waals surface area contributed by atoms with Crippen LogP contribution in [0.2, 0.25) is 0 Å². The maximum atomic E-state index is 12.1. The Morgan fingerprint density at radius 3 is 2.69 bits per heavy atom. The molecule has 1 aromatic carbocycles. The Hall–Kier alpha value is -2.72. The number of nitrogens with zero attached hydrogens (tertiary/aromatic N) is 5. The van der Waals surface area contributed by atoms with Crippen molar-refractivity contribution >= 4 is 38.7 Å². The molecule has 3 aromatic rings. The van der Waals surface area contributed by atoms with E-state index in [1.54, 1.807) is 12.4 Å². The van der Waals surface area contributed by atoms with E-state index in [9.17, 15) is 4.79 Å². The third kappa shape index (κ3) is 5.64. The van der Waals surface area contributed by atoms with E-state index in [0.29, 0.717) is 0 Å². The van der Waals surface area contributed by atoms with Gasteiger partial charge in [-0.3, -0.25) is 4.98 Å². The van der Waals surface area contributed by atoms with Crippen LogP contribution in [0.25, 0.3) is 22.3 Å².